The summed E-state index contributed by atoms with van der Waals surface area (Å²) in [6.45, 7) is 2.57. The average molecular weight is 508 g/mol. The van der Waals surface area contributed by atoms with Crippen molar-refractivity contribution < 1.29 is 8.42 Å². The van der Waals surface area contributed by atoms with E-state index >= 15 is 0 Å². The van der Waals surface area contributed by atoms with Gasteiger partial charge in [0.25, 0.3) is 10.0 Å². The van der Waals surface area contributed by atoms with E-state index in [2.05, 4.69) is 34.7 Å². The molecule has 1 aromatic heterocycles. The van der Waals surface area contributed by atoms with Crippen molar-refractivity contribution in [3.05, 3.63) is 52.9 Å². The lowest BCUT2D eigenvalue weighted by Gasteiger charge is -2.18. The van der Waals surface area contributed by atoms with Crippen molar-refractivity contribution in [2.45, 2.75) is 23.7 Å². The standard InChI is InChI=1S/C17H24N4O2S2.HI/c1-13(14-8-6-5-7-9-14)20-17(18-2)19-12-15-10-11-16(24-15)25(22,23)21(3)4;/h5-11,13H,12H2,1-4H3,(H2,18,19,20);1H. The molecule has 144 valence electrons. The van der Waals surface area contributed by atoms with Crippen molar-refractivity contribution in [3.63, 3.8) is 0 Å². The van der Waals surface area contributed by atoms with E-state index in [-0.39, 0.29) is 30.0 Å². The molecule has 0 radical (unpaired) electrons. The smallest absolute Gasteiger partial charge is 0.252 e. The van der Waals surface area contributed by atoms with Crippen molar-refractivity contribution in [1.82, 2.24) is 14.9 Å². The second kappa shape index (κ2) is 10.2. The summed E-state index contributed by atoms with van der Waals surface area (Å²) in [6, 6.07) is 13.7. The first-order valence-corrected chi connectivity index (χ1v) is 10.1. The minimum absolute atomic E-state index is 0. The summed E-state index contributed by atoms with van der Waals surface area (Å²) < 4.78 is 25.8. The molecule has 2 aromatic rings. The van der Waals surface area contributed by atoms with Gasteiger partial charge in [-0.25, -0.2) is 12.7 Å². The van der Waals surface area contributed by atoms with E-state index in [1.807, 2.05) is 24.3 Å². The van der Waals surface area contributed by atoms with Crippen LogP contribution in [0.2, 0.25) is 0 Å². The molecule has 1 aromatic carbocycles. The maximum atomic E-state index is 12.1. The summed E-state index contributed by atoms with van der Waals surface area (Å²) in [7, 11) is 1.40. The lowest BCUT2D eigenvalue weighted by atomic mass is 10.1. The predicted molar refractivity (Wildman–Crippen MR) is 119 cm³/mol. The molecule has 2 N–H and O–H groups in total. The summed E-state index contributed by atoms with van der Waals surface area (Å²) in [4.78, 5) is 5.15. The Morgan fingerprint density at radius 3 is 2.42 bits per heavy atom. The first-order valence-electron chi connectivity index (χ1n) is 7.88. The van der Waals surface area contributed by atoms with Gasteiger partial charge in [0.05, 0.1) is 12.6 Å². The number of nitrogens with zero attached hydrogens (tertiary/aromatic N) is 2. The Bertz CT molecular complexity index is 820. The lowest BCUT2D eigenvalue weighted by molar-refractivity contribution is 0.523. The predicted octanol–water partition coefficient (Wildman–Crippen LogP) is 3.04. The Labute approximate surface area is 176 Å². The molecule has 1 heterocycles. The van der Waals surface area contributed by atoms with E-state index in [1.54, 1.807) is 13.1 Å². The molecule has 0 aliphatic carbocycles. The third kappa shape index (κ3) is 5.93. The zero-order valence-corrected chi connectivity index (χ0v) is 19.2. The van der Waals surface area contributed by atoms with Gasteiger partial charge in [-0.05, 0) is 24.6 Å². The number of benzene rings is 1. The highest BCUT2D eigenvalue weighted by Gasteiger charge is 2.19. The Morgan fingerprint density at radius 1 is 1.19 bits per heavy atom. The maximum absolute atomic E-state index is 12.1. The maximum Gasteiger partial charge on any atom is 0.252 e. The van der Waals surface area contributed by atoms with E-state index in [9.17, 15) is 8.42 Å². The second-order valence-corrected chi connectivity index (χ2v) is 9.26. The van der Waals surface area contributed by atoms with Gasteiger partial charge in [-0.2, -0.15) is 0 Å². The van der Waals surface area contributed by atoms with Crippen molar-refractivity contribution in [2.24, 2.45) is 4.99 Å². The molecule has 0 aliphatic heterocycles. The summed E-state index contributed by atoms with van der Waals surface area (Å²) in [5.41, 5.74) is 1.17. The van der Waals surface area contributed by atoms with Crippen LogP contribution in [-0.4, -0.2) is 39.8 Å². The highest BCUT2D eigenvalue weighted by molar-refractivity contribution is 14.0. The van der Waals surface area contributed by atoms with Crippen molar-refractivity contribution in [3.8, 4) is 0 Å². The van der Waals surface area contributed by atoms with E-state index in [4.69, 9.17) is 0 Å². The van der Waals surface area contributed by atoms with Gasteiger partial charge in [-0.15, -0.1) is 35.3 Å². The van der Waals surface area contributed by atoms with Gasteiger partial charge in [-0.1, -0.05) is 30.3 Å². The van der Waals surface area contributed by atoms with Crippen LogP contribution in [0, 0.1) is 0 Å². The molecule has 0 saturated heterocycles. The fourth-order valence-corrected chi connectivity index (χ4v) is 4.63. The van der Waals surface area contributed by atoms with Crippen LogP contribution in [0.5, 0.6) is 0 Å². The number of hydrogen-bond acceptors (Lipinski definition) is 4. The zero-order valence-electron chi connectivity index (χ0n) is 15.3. The van der Waals surface area contributed by atoms with Crippen LogP contribution < -0.4 is 10.6 Å². The number of aliphatic imine (C=N–C) groups is 1. The summed E-state index contributed by atoms with van der Waals surface area (Å²) >= 11 is 1.26. The molecule has 1 unspecified atom stereocenters. The number of halogens is 1. The molecule has 2 rings (SSSR count). The molecular weight excluding hydrogens is 483 g/mol. The minimum Gasteiger partial charge on any atom is -0.352 e. The fourth-order valence-electron chi connectivity index (χ4n) is 2.17. The molecule has 9 heteroatoms. The fraction of sp³-hybridized carbons (Fsp3) is 0.353. The summed E-state index contributed by atoms with van der Waals surface area (Å²) in [6.07, 6.45) is 0. The van der Waals surface area contributed by atoms with Gasteiger partial charge in [-0.3, -0.25) is 4.99 Å². The van der Waals surface area contributed by atoms with E-state index in [0.717, 1.165) is 4.88 Å². The van der Waals surface area contributed by atoms with E-state index in [0.29, 0.717) is 16.7 Å². The quantitative estimate of drug-likeness (QED) is 0.358. The van der Waals surface area contributed by atoms with Crippen LogP contribution in [0.25, 0.3) is 0 Å². The van der Waals surface area contributed by atoms with Crippen LogP contribution in [0.4, 0.5) is 0 Å². The molecule has 6 nitrogen and oxygen atoms in total. The van der Waals surface area contributed by atoms with E-state index in [1.165, 1.54) is 35.3 Å². The van der Waals surface area contributed by atoms with Gasteiger partial charge in [0.15, 0.2) is 5.96 Å². The summed E-state index contributed by atoms with van der Waals surface area (Å²) in [5, 5.41) is 6.55. The number of rotatable bonds is 6. The molecule has 0 saturated carbocycles. The van der Waals surface area contributed by atoms with Gasteiger partial charge in [0, 0.05) is 26.0 Å². The van der Waals surface area contributed by atoms with E-state index < -0.39 is 10.0 Å². The largest absolute Gasteiger partial charge is 0.352 e. The Kier molecular flexibility index (Phi) is 9.01. The van der Waals surface area contributed by atoms with Crippen LogP contribution in [0.3, 0.4) is 0 Å². The number of sulfonamides is 1. The van der Waals surface area contributed by atoms with Crippen molar-refractivity contribution >= 4 is 51.3 Å². The number of thiophene rings is 1. The SMILES string of the molecule is CN=C(NCc1ccc(S(=O)(=O)N(C)C)s1)NC(C)c1ccccc1.I. The van der Waals surface area contributed by atoms with Crippen molar-refractivity contribution in [2.75, 3.05) is 21.1 Å². The number of guanidine groups is 1. The average Bonchev–Trinajstić information content (AvgIpc) is 3.08. The molecule has 0 bridgehead atoms. The minimum atomic E-state index is -3.38. The molecule has 0 spiro atoms. The Morgan fingerprint density at radius 2 is 1.85 bits per heavy atom. The molecule has 0 amide bonds. The highest BCUT2D eigenvalue weighted by Crippen LogP contribution is 2.23. The Balaban J connectivity index is 0.00000338. The van der Waals surface area contributed by atoms with Crippen LogP contribution in [0.1, 0.15) is 23.4 Å². The van der Waals surface area contributed by atoms with Crippen molar-refractivity contribution in [1.29, 1.82) is 0 Å². The highest BCUT2D eigenvalue weighted by atomic mass is 127. The van der Waals surface area contributed by atoms with Crippen LogP contribution in [-0.2, 0) is 16.6 Å². The third-order valence-corrected chi connectivity index (χ3v) is 7.05. The number of nitrogens with one attached hydrogen (secondary N) is 2. The summed E-state index contributed by atoms with van der Waals surface area (Å²) in [5.74, 6) is 0.668. The first-order chi connectivity index (χ1) is 11.8. The molecular formula is C17H25IN4O2S2. The normalized spacial score (nSPS) is 13.2. The topological polar surface area (TPSA) is 73.8 Å². The van der Waals surface area contributed by atoms with Gasteiger partial charge in [0.2, 0.25) is 0 Å². The molecule has 26 heavy (non-hydrogen) atoms. The van der Waals surface area contributed by atoms with Crippen LogP contribution >= 0.6 is 35.3 Å². The molecule has 0 aliphatic rings. The van der Waals surface area contributed by atoms with Gasteiger partial charge >= 0.3 is 0 Å². The molecule has 1 atom stereocenters. The lowest BCUT2D eigenvalue weighted by Crippen LogP contribution is -2.38. The number of hydrogen-bond donors (Lipinski definition) is 2. The van der Waals surface area contributed by atoms with Gasteiger partial charge in [0.1, 0.15) is 4.21 Å². The zero-order chi connectivity index (χ0) is 18.4. The van der Waals surface area contributed by atoms with Gasteiger partial charge < -0.3 is 10.6 Å². The second-order valence-electron chi connectivity index (χ2n) is 5.71. The van der Waals surface area contributed by atoms with Crippen LogP contribution in [0.15, 0.2) is 51.7 Å². The molecule has 0 fully saturated rings. The Hall–Kier alpha value is -1.17. The monoisotopic (exact) mass is 508 g/mol. The third-order valence-electron chi connectivity index (χ3n) is 3.68. The first kappa shape index (κ1) is 22.9.